The van der Waals surface area contributed by atoms with Gasteiger partial charge in [0, 0.05) is 19.8 Å². The Bertz CT molecular complexity index is 1090. The van der Waals surface area contributed by atoms with Crippen molar-refractivity contribution in [3.05, 3.63) is 78.4 Å². The first-order chi connectivity index (χ1) is 14.6. The summed E-state index contributed by atoms with van der Waals surface area (Å²) in [5.41, 5.74) is 3.90. The quantitative estimate of drug-likeness (QED) is 0.359. The first-order valence-corrected chi connectivity index (χ1v) is 10.3. The summed E-state index contributed by atoms with van der Waals surface area (Å²) < 4.78 is 11.7. The van der Waals surface area contributed by atoms with Crippen LogP contribution in [0.25, 0.3) is 11.1 Å². The lowest BCUT2D eigenvalue weighted by Crippen LogP contribution is -2.10. The molecule has 0 aliphatic carbocycles. The molecule has 1 aromatic heterocycles. The van der Waals surface area contributed by atoms with E-state index in [0.717, 1.165) is 41.1 Å². The molecule has 5 heteroatoms. The van der Waals surface area contributed by atoms with Gasteiger partial charge in [-0.05, 0) is 54.4 Å². The molecule has 0 radical (unpaired) electrons. The van der Waals surface area contributed by atoms with Gasteiger partial charge >= 0.3 is 0 Å². The number of nitrogens with one attached hydrogen (secondary N) is 1. The molecule has 0 spiro atoms. The van der Waals surface area contributed by atoms with E-state index in [2.05, 4.69) is 29.4 Å². The van der Waals surface area contributed by atoms with Crippen LogP contribution in [0.4, 0.5) is 11.7 Å². The number of hydrogen-bond donors (Lipinski definition) is 1. The zero-order chi connectivity index (χ0) is 20.9. The number of hydrogen-bond acceptors (Lipinski definition) is 5. The highest BCUT2D eigenvalue weighted by atomic mass is 16.5. The van der Waals surface area contributed by atoms with E-state index in [1.165, 1.54) is 5.56 Å². The zero-order valence-corrected chi connectivity index (χ0v) is 17.6. The third kappa shape index (κ3) is 4.57. The van der Waals surface area contributed by atoms with Gasteiger partial charge in [-0.2, -0.15) is 4.98 Å². The fourth-order valence-corrected chi connectivity index (χ4v) is 3.40. The molecule has 0 aliphatic rings. The summed E-state index contributed by atoms with van der Waals surface area (Å²) in [6.45, 7) is 2.20. The number of nitrogens with zero attached hydrogens (tertiary/aromatic N) is 2. The molecule has 5 nitrogen and oxygen atoms in total. The normalized spacial score (nSPS) is 12.0. The van der Waals surface area contributed by atoms with Gasteiger partial charge in [-0.25, -0.2) is 0 Å². The second-order valence-electron chi connectivity index (χ2n) is 7.54. The van der Waals surface area contributed by atoms with Gasteiger partial charge in [-0.15, -0.1) is 0 Å². The number of oxazole rings is 1. The van der Waals surface area contributed by atoms with Crippen LogP contribution in [0.3, 0.4) is 0 Å². The van der Waals surface area contributed by atoms with Crippen molar-refractivity contribution in [2.45, 2.75) is 25.8 Å². The molecular weight excluding hydrogens is 374 g/mol. The van der Waals surface area contributed by atoms with E-state index in [1.54, 1.807) is 0 Å². The molecule has 154 valence electrons. The Balaban J connectivity index is 1.51. The summed E-state index contributed by atoms with van der Waals surface area (Å²) in [6, 6.07) is 25.0. The fourth-order valence-electron chi connectivity index (χ4n) is 3.40. The molecule has 1 atom stereocenters. The van der Waals surface area contributed by atoms with E-state index in [1.807, 2.05) is 79.7 Å². The minimum Gasteiger partial charge on any atom is -0.457 e. The number of anilines is 2. The van der Waals surface area contributed by atoms with Crippen LogP contribution in [-0.4, -0.2) is 19.1 Å². The van der Waals surface area contributed by atoms with Crippen LogP contribution in [0.2, 0.25) is 0 Å². The maximum Gasteiger partial charge on any atom is 0.297 e. The third-order valence-electron chi connectivity index (χ3n) is 4.94. The van der Waals surface area contributed by atoms with Crippen molar-refractivity contribution in [1.82, 2.24) is 4.98 Å². The molecule has 0 amide bonds. The Labute approximate surface area is 177 Å². The van der Waals surface area contributed by atoms with Crippen LogP contribution < -0.4 is 15.0 Å². The zero-order valence-electron chi connectivity index (χ0n) is 17.6. The first-order valence-electron chi connectivity index (χ1n) is 10.3. The molecule has 3 aromatic carbocycles. The predicted octanol–water partition coefficient (Wildman–Crippen LogP) is 6.64. The number of para-hydroxylation sites is 1. The number of fused-ring (bicyclic) bond motifs is 1. The number of aromatic nitrogens is 1. The standard InChI is InChI=1S/C25H27N3O2/c1-4-8-22(18-11-14-21(15-12-18)29-20-9-6-5-7-10-20)26-19-13-16-24-23(17-19)27-25(30-24)28(2)3/h5-7,9-17,22,26H,4,8H2,1-3H3. The lowest BCUT2D eigenvalue weighted by atomic mass is 10.0. The highest BCUT2D eigenvalue weighted by molar-refractivity contribution is 5.79. The molecule has 30 heavy (non-hydrogen) atoms. The second kappa shape index (κ2) is 8.91. The second-order valence-corrected chi connectivity index (χ2v) is 7.54. The smallest absolute Gasteiger partial charge is 0.297 e. The van der Waals surface area contributed by atoms with Crippen molar-refractivity contribution < 1.29 is 9.15 Å². The maximum atomic E-state index is 5.92. The number of rotatable bonds is 8. The lowest BCUT2D eigenvalue weighted by Gasteiger charge is -2.20. The molecule has 0 saturated carbocycles. The van der Waals surface area contributed by atoms with Crippen LogP contribution in [-0.2, 0) is 0 Å². The summed E-state index contributed by atoms with van der Waals surface area (Å²) in [6.07, 6.45) is 2.11. The SMILES string of the molecule is CCCC(Nc1ccc2oc(N(C)C)nc2c1)c1ccc(Oc2ccccc2)cc1. The van der Waals surface area contributed by atoms with Crippen LogP contribution >= 0.6 is 0 Å². The molecular formula is C25H27N3O2. The molecule has 4 rings (SSSR count). The Morgan fingerprint density at radius 2 is 1.70 bits per heavy atom. The van der Waals surface area contributed by atoms with Crippen molar-refractivity contribution in [1.29, 1.82) is 0 Å². The first kappa shape index (κ1) is 19.8. The molecule has 0 bridgehead atoms. The highest BCUT2D eigenvalue weighted by Gasteiger charge is 2.13. The van der Waals surface area contributed by atoms with Crippen molar-refractivity contribution in [3.63, 3.8) is 0 Å². The molecule has 0 saturated heterocycles. The Morgan fingerprint density at radius 3 is 2.40 bits per heavy atom. The van der Waals surface area contributed by atoms with E-state index < -0.39 is 0 Å². The molecule has 1 unspecified atom stereocenters. The van der Waals surface area contributed by atoms with E-state index in [0.29, 0.717) is 6.01 Å². The van der Waals surface area contributed by atoms with E-state index in [-0.39, 0.29) is 6.04 Å². The number of ether oxygens (including phenoxy) is 1. The average molecular weight is 402 g/mol. The Morgan fingerprint density at radius 1 is 0.967 bits per heavy atom. The molecule has 0 aliphatic heterocycles. The Hall–Kier alpha value is -3.47. The van der Waals surface area contributed by atoms with Gasteiger partial charge < -0.3 is 19.4 Å². The van der Waals surface area contributed by atoms with Crippen LogP contribution in [0, 0.1) is 0 Å². The van der Waals surface area contributed by atoms with Crippen LogP contribution in [0.1, 0.15) is 31.4 Å². The van der Waals surface area contributed by atoms with Crippen molar-refractivity contribution in [2.24, 2.45) is 0 Å². The van der Waals surface area contributed by atoms with Crippen LogP contribution in [0.5, 0.6) is 11.5 Å². The maximum absolute atomic E-state index is 5.92. The summed E-state index contributed by atoms with van der Waals surface area (Å²) in [5.74, 6) is 1.67. The van der Waals surface area contributed by atoms with E-state index in [4.69, 9.17) is 9.15 Å². The summed E-state index contributed by atoms with van der Waals surface area (Å²) in [4.78, 5) is 6.42. The van der Waals surface area contributed by atoms with Gasteiger partial charge in [-0.1, -0.05) is 43.7 Å². The molecule has 0 fully saturated rings. The number of benzene rings is 3. The largest absolute Gasteiger partial charge is 0.457 e. The van der Waals surface area contributed by atoms with Gasteiger partial charge in [0.15, 0.2) is 5.58 Å². The summed E-state index contributed by atoms with van der Waals surface area (Å²) in [5, 5.41) is 3.66. The minimum absolute atomic E-state index is 0.207. The summed E-state index contributed by atoms with van der Waals surface area (Å²) in [7, 11) is 3.85. The van der Waals surface area contributed by atoms with E-state index >= 15 is 0 Å². The highest BCUT2D eigenvalue weighted by Crippen LogP contribution is 2.30. The summed E-state index contributed by atoms with van der Waals surface area (Å²) >= 11 is 0. The van der Waals surface area contributed by atoms with Gasteiger partial charge in [0.05, 0.1) is 6.04 Å². The molecule has 1 heterocycles. The third-order valence-corrected chi connectivity index (χ3v) is 4.94. The molecule has 1 N–H and O–H groups in total. The average Bonchev–Trinajstić information content (AvgIpc) is 3.19. The van der Waals surface area contributed by atoms with Crippen LogP contribution in [0.15, 0.2) is 77.2 Å². The monoisotopic (exact) mass is 401 g/mol. The van der Waals surface area contributed by atoms with Gasteiger partial charge in [0.1, 0.15) is 17.0 Å². The topological polar surface area (TPSA) is 50.5 Å². The van der Waals surface area contributed by atoms with Gasteiger partial charge in [-0.3, -0.25) is 0 Å². The van der Waals surface area contributed by atoms with Crippen molar-refractivity contribution >= 4 is 22.8 Å². The van der Waals surface area contributed by atoms with Gasteiger partial charge in [0.2, 0.25) is 0 Å². The Kier molecular flexibility index (Phi) is 5.89. The van der Waals surface area contributed by atoms with E-state index in [9.17, 15) is 0 Å². The van der Waals surface area contributed by atoms with Crippen molar-refractivity contribution in [2.75, 3.05) is 24.3 Å². The van der Waals surface area contributed by atoms with Gasteiger partial charge in [0.25, 0.3) is 6.01 Å². The minimum atomic E-state index is 0.207. The van der Waals surface area contributed by atoms with Crippen molar-refractivity contribution in [3.8, 4) is 11.5 Å². The predicted molar refractivity (Wildman–Crippen MR) is 123 cm³/mol. The fraction of sp³-hybridized carbons (Fsp3) is 0.240. The molecule has 4 aromatic rings. The lowest BCUT2D eigenvalue weighted by molar-refractivity contribution is 0.482.